The van der Waals surface area contributed by atoms with Crippen molar-refractivity contribution < 1.29 is 24.1 Å². The van der Waals surface area contributed by atoms with Crippen LogP contribution in [0.1, 0.15) is 63.4 Å². The first kappa shape index (κ1) is 28.6. The van der Waals surface area contributed by atoms with Crippen molar-refractivity contribution in [3.05, 3.63) is 34.1 Å². The Kier molecular flexibility index (Phi) is 11.2. The Morgan fingerprint density at radius 3 is 2.58 bits per heavy atom. The van der Waals surface area contributed by atoms with Gasteiger partial charge in [-0.25, -0.2) is 9.61 Å². The molecule has 0 saturated carbocycles. The van der Waals surface area contributed by atoms with E-state index in [0.717, 1.165) is 19.3 Å². The number of ketones is 1. The van der Waals surface area contributed by atoms with Crippen LogP contribution in [0.3, 0.4) is 0 Å². The van der Waals surface area contributed by atoms with Gasteiger partial charge in [-0.3, -0.25) is 28.6 Å². The minimum Gasteiger partial charge on any atom is -0.481 e. The van der Waals surface area contributed by atoms with Gasteiger partial charge in [0.15, 0.2) is 11.6 Å². The summed E-state index contributed by atoms with van der Waals surface area (Å²) in [4.78, 5) is 56.2. The Morgan fingerprint density at radius 2 is 1.97 bits per heavy atom. The summed E-state index contributed by atoms with van der Waals surface area (Å²) in [6, 6.07) is -2.18. The number of carbonyl (C=O) groups excluding carboxylic acids is 2. The molecule has 3 N–H and O–H groups in total. The lowest BCUT2D eigenvalue weighted by Gasteiger charge is -2.24. The van der Waals surface area contributed by atoms with Crippen molar-refractivity contribution in [3.8, 4) is 0 Å². The van der Waals surface area contributed by atoms with E-state index in [4.69, 9.17) is 0 Å². The monoisotopic (exact) mass is 505 g/mol. The van der Waals surface area contributed by atoms with Crippen molar-refractivity contribution in [2.45, 2.75) is 71.5 Å². The van der Waals surface area contributed by atoms with Gasteiger partial charge in [-0.05, 0) is 33.4 Å². The zero-order valence-corrected chi connectivity index (χ0v) is 21.2. The number of unbranched alkanes of at least 4 members (excludes halogenated alkanes) is 2. The Bertz CT molecular complexity index is 1080. The molecule has 2 aromatic heterocycles. The second-order valence-corrected chi connectivity index (χ2v) is 8.63. The minimum absolute atomic E-state index is 0.00184. The molecule has 36 heavy (non-hydrogen) atoms. The van der Waals surface area contributed by atoms with Crippen molar-refractivity contribution >= 4 is 23.5 Å². The van der Waals surface area contributed by atoms with Crippen LogP contribution in [-0.2, 0) is 20.9 Å². The Morgan fingerprint density at radius 1 is 1.22 bits per heavy atom. The molecular weight excluding hydrogens is 470 g/mol. The number of hydrogen-bond acceptors (Lipinski definition) is 10. The van der Waals surface area contributed by atoms with Crippen LogP contribution >= 0.6 is 0 Å². The number of carbonyl (C=O) groups is 3. The van der Waals surface area contributed by atoms with E-state index in [1.54, 1.807) is 20.9 Å². The molecule has 2 heterocycles. The summed E-state index contributed by atoms with van der Waals surface area (Å²) in [6.45, 7) is 6.35. The number of nitrogens with one attached hydrogen (secondary N) is 2. The maximum atomic E-state index is 13.1. The number of likely N-dealkylation sites (N-methyl/N-ethyl adjacent to an activating group) is 1. The van der Waals surface area contributed by atoms with Crippen molar-refractivity contribution in [2.24, 2.45) is 0 Å². The lowest BCUT2D eigenvalue weighted by atomic mass is 10.1. The topological polar surface area (TPSA) is 173 Å². The van der Waals surface area contributed by atoms with Gasteiger partial charge in [0.05, 0.1) is 25.6 Å². The molecule has 0 bridgehead atoms. The highest BCUT2D eigenvalue weighted by atomic mass is 16.6. The highest BCUT2D eigenvalue weighted by molar-refractivity contribution is 5.93. The highest BCUT2D eigenvalue weighted by Crippen LogP contribution is 2.12. The molecule has 2 rings (SSSR count). The molecular formula is C23H35N7O6. The van der Waals surface area contributed by atoms with Crippen molar-refractivity contribution in [3.63, 3.8) is 0 Å². The fourth-order valence-electron chi connectivity index (χ4n) is 3.65. The van der Waals surface area contributed by atoms with Crippen LogP contribution in [0.2, 0.25) is 0 Å². The van der Waals surface area contributed by atoms with Crippen LogP contribution in [0.15, 0.2) is 21.8 Å². The molecule has 0 radical (unpaired) electrons. The number of carboxylic acid groups (broad SMARTS) is 1. The van der Waals surface area contributed by atoms with E-state index < -0.39 is 41.7 Å². The number of aryl methyl sites for hydroxylation is 1. The molecule has 0 aliphatic rings. The number of Topliss-reactive ketones (excluding diaryl/α,β-unsaturated/α-hetero) is 1. The number of rotatable bonds is 16. The van der Waals surface area contributed by atoms with Crippen LogP contribution in [0.25, 0.3) is 0 Å². The number of hydrogen-bond donors (Lipinski definition) is 3. The Hall–Kier alpha value is -3.61. The molecule has 198 valence electrons. The third-order valence-corrected chi connectivity index (χ3v) is 5.72. The van der Waals surface area contributed by atoms with E-state index in [0.29, 0.717) is 17.9 Å². The number of amides is 1. The lowest BCUT2D eigenvalue weighted by Crippen LogP contribution is -2.49. The predicted molar refractivity (Wildman–Crippen MR) is 130 cm³/mol. The predicted octanol–water partition coefficient (Wildman–Crippen LogP) is 1.15. The van der Waals surface area contributed by atoms with Crippen molar-refractivity contribution in [1.29, 1.82) is 0 Å². The average molecular weight is 506 g/mol. The fraction of sp³-hybridized carbons (Fsp3) is 0.609. The first-order chi connectivity index (χ1) is 17.2. The first-order valence-corrected chi connectivity index (χ1v) is 12.0. The van der Waals surface area contributed by atoms with Crippen LogP contribution in [0, 0.1) is 6.92 Å². The van der Waals surface area contributed by atoms with Crippen molar-refractivity contribution in [2.75, 3.05) is 25.5 Å². The smallest absolute Gasteiger partial charge is 0.305 e. The summed E-state index contributed by atoms with van der Waals surface area (Å²) in [5.74, 6) is -2.24. The minimum atomic E-state index is -1.21. The van der Waals surface area contributed by atoms with E-state index in [1.807, 2.05) is 4.90 Å². The molecule has 0 fully saturated rings. The maximum absolute atomic E-state index is 13.1. The van der Waals surface area contributed by atoms with Gasteiger partial charge in [0.1, 0.15) is 17.4 Å². The van der Waals surface area contributed by atoms with Gasteiger partial charge in [-0.1, -0.05) is 37.0 Å². The number of nitrogens with zero attached hydrogens (tertiary/aromatic N) is 5. The van der Waals surface area contributed by atoms with Crippen molar-refractivity contribution in [1.82, 2.24) is 30.1 Å². The molecule has 0 aromatic carbocycles. The molecule has 0 aliphatic heterocycles. The van der Waals surface area contributed by atoms with Gasteiger partial charge < -0.3 is 15.7 Å². The number of anilines is 1. The summed E-state index contributed by atoms with van der Waals surface area (Å²) in [7, 11) is 1.78. The molecule has 1 amide bonds. The average Bonchev–Trinajstić information content (AvgIpc) is 3.23. The second kappa shape index (κ2) is 14.1. The maximum Gasteiger partial charge on any atom is 0.305 e. The van der Waals surface area contributed by atoms with Gasteiger partial charge in [-0.2, -0.15) is 0 Å². The zero-order valence-electron chi connectivity index (χ0n) is 21.2. The lowest BCUT2D eigenvalue weighted by molar-refractivity contribution is -0.140. The SMILES string of the molecule is CCCCCN(C)CC(=O)C(CC(=O)O)NC(=O)C(CC)n1ccnc(NCc2nonc2C)c1=O. The van der Waals surface area contributed by atoms with Gasteiger partial charge >= 0.3 is 5.97 Å². The normalized spacial score (nSPS) is 12.8. The summed E-state index contributed by atoms with van der Waals surface area (Å²) >= 11 is 0. The van der Waals surface area contributed by atoms with Gasteiger partial charge in [0.25, 0.3) is 5.56 Å². The summed E-state index contributed by atoms with van der Waals surface area (Å²) in [5, 5.41) is 22.1. The molecule has 0 spiro atoms. The van der Waals surface area contributed by atoms with Crippen LogP contribution in [-0.4, -0.2) is 73.7 Å². The Balaban J connectivity index is 2.14. The zero-order chi connectivity index (χ0) is 26.7. The first-order valence-electron chi connectivity index (χ1n) is 12.0. The standard InChI is InChI=1S/C23H35N7O6/c1-5-7-8-10-29(4)14-19(31)16(12-20(32)33)26-22(34)18(6-2)30-11-9-24-21(23(30)35)25-13-17-15(3)27-36-28-17/h9,11,16,18H,5-8,10,12-14H2,1-4H3,(H,24,25)(H,26,34)(H,32,33). The number of carboxylic acids is 1. The quantitative estimate of drug-likeness (QED) is 0.279. The largest absolute Gasteiger partial charge is 0.481 e. The Labute approximate surface area is 209 Å². The van der Waals surface area contributed by atoms with E-state index in [9.17, 15) is 24.3 Å². The molecule has 13 nitrogen and oxygen atoms in total. The molecule has 13 heteroatoms. The molecule has 0 aliphatic carbocycles. The fourth-order valence-corrected chi connectivity index (χ4v) is 3.65. The third-order valence-electron chi connectivity index (χ3n) is 5.72. The van der Waals surface area contributed by atoms with Crippen LogP contribution in [0.5, 0.6) is 0 Å². The van der Waals surface area contributed by atoms with E-state index in [1.165, 1.54) is 17.0 Å². The summed E-state index contributed by atoms with van der Waals surface area (Å²) < 4.78 is 5.84. The van der Waals surface area contributed by atoms with Crippen LogP contribution in [0.4, 0.5) is 5.82 Å². The second-order valence-electron chi connectivity index (χ2n) is 8.63. The van der Waals surface area contributed by atoms with E-state index in [2.05, 4.69) is 37.5 Å². The summed E-state index contributed by atoms with van der Waals surface area (Å²) in [6.07, 6.45) is 5.42. The molecule has 0 saturated heterocycles. The number of aliphatic carboxylic acids is 1. The van der Waals surface area contributed by atoms with Crippen LogP contribution < -0.4 is 16.2 Å². The van der Waals surface area contributed by atoms with Gasteiger partial charge in [0.2, 0.25) is 5.91 Å². The van der Waals surface area contributed by atoms with Gasteiger partial charge in [0, 0.05) is 12.4 Å². The summed E-state index contributed by atoms with van der Waals surface area (Å²) in [5.41, 5.74) is 0.520. The number of aromatic nitrogens is 4. The highest BCUT2D eigenvalue weighted by Gasteiger charge is 2.29. The third kappa shape index (κ3) is 8.26. The molecule has 2 unspecified atom stereocenters. The molecule has 2 aromatic rings. The van der Waals surface area contributed by atoms with Gasteiger partial charge in [-0.15, -0.1) is 0 Å². The van der Waals surface area contributed by atoms with E-state index in [-0.39, 0.29) is 25.3 Å². The molecule has 2 atom stereocenters. The van der Waals surface area contributed by atoms with E-state index >= 15 is 0 Å².